The summed E-state index contributed by atoms with van der Waals surface area (Å²) in [4.78, 5) is 65.4. The molecule has 0 saturated carbocycles. The van der Waals surface area contributed by atoms with Crippen LogP contribution < -0.4 is 0 Å². The van der Waals surface area contributed by atoms with E-state index in [-0.39, 0.29) is 6.42 Å². The molecule has 0 fully saturated rings. The average molecular weight is 396 g/mol. The van der Waals surface area contributed by atoms with E-state index in [0.717, 1.165) is 0 Å². The Kier molecular flexibility index (Phi) is 9.38. The second kappa shape index (κ2) is 10.7. The van der Waals surface area contributed by atoms with Crippen molar-refractivity contribution >= 4 is 35.8 Å². The van der Waals surface area contributed by atoms with Gasteiger partial charge in [0, 0.05) is 12.8 Å². The molecule has 6 N–H and O–H groups in total. The van der Waals surface area contributed by atoms with Crippen molar-refractivity contribution in [3.63, 3.8) is 0 Å². The van der Waals surface area contributed by atoms with E-state index >= 15 is 0 Å². The van der Waals surface area contributed by atoms with Crippen molar-refractivity contribution in [1.29, 1.82) is 0 Å². The van der Waals surface area contributed by atoms with Gasteiger partial charge in [-0.05, 0) is 6.42 Å². The van der Waals surface area contributed by atoms with E-state index in [1.807, 2.05) is 0 Å². The van der Waals surface area contributed by atoms with Gasteiger partial charge >= 0.3 is 35.8 Å². The van der Waals surface area contributed by atoms with Gasteiger partial charge in [-0.25, -0.2) is 19.2 Å². The van der Waals surface area contributed by atoms with Crippen LogP contribution >= 0.6 is 0 Å². The molecule has 14 nitrogen and oxygen atoms in total. The van der Waals surface area contributed by atoms with E-state index in [4.69, 9.17) is 30.6 Å². The lowest BCUT2D eigenvalue weighted by molar-refractivity contribution is -0.179. The number of aliphatic hydroxyl groups is 2. The van der Waals surface area contributed by atoms with Gasteiger partial charge in [-0.3, -0.25) is 9.59 Å². The van der Waals surface area contributed by atoms with Gasteiger partial charge in [0.25, 0.3) is 0 Å². The molecule has 0 aromatic rings. The zero-order valence-electron chi connectivity index (χ0n) is 13.4. The van der Waals surface area contributed by atoms with E-state index in [0.29, 0.717) is 0 Å². The first-order valence-electron chi connectivity index (χ1n) is 7.04. The molecule has 4 unspecified atom stereocenters. The Morgan fingerprint density at radius 1 is 0.593 bits per heavy atom. The molecule has 0 spiro atoms. The van der Waals surface area contributed by atoms with Crippen molar-refractivity contribution in [2.75, 3.05) is 0 Å². The maximum absolute atomic E-state index is 11.4. The molecule has 0 bridgehead atoms. The topological polar surface area (TPSA) is 242 Å². The monoisotopic (exact) mass is 396 g/mol. The van der Waals surface area contributed by atoms with Crippen LogP contribution in [-0.2, 0) is 38.2 Å². The predicted octanol–water partition coefficient (Wildman–Crippen LogP) is -2.96. The Hall–Kier alpha value is -3.26. The molecule has 0 saturated heterocycles. The van der Waals surface area contributed by atoms with Crippen molar-refractivity contribution in [1.82, 2.24) is 0 Å². The van der Waals surface area contributed by atoms with Crippen LogP contribution in [0.5, 0.6) is 0 Å². The fourth-order valence-electron chi connectivity index (χ4n) is 1.54. The molecule has 14 heteroatoms. The van der Waals surface area contributed by atoms with Gasteiger partial charge in [0.1, 0.15) is 0 Å². The Morgan fingerprint density at radius 3 is 1.11 bits per heavy atom. The van der Waals surface area contributed by atoms with Crippen molar-refractivity contribution in [2.45, 2.75) is 43.7 Å². The van der Waals surface area contributed by atoms with Crippen LogP contribution in [-0.4, -0.2) is 90.9 Å². The zero-order chi connectivity index (χ0) is 21.3. The third-order valence-electron chi connectivity index (χ3n) is 2.84. The first kappa shape index (κ1) is 23.7. The third-order valence-corrected chi connectivity index (χ3v) is 2.84. The van der Waals surface area contributed by atoms with Crippen molar-refractivity contribution in [2.24, 2.45) is 0 Å². The summed E-state index contributed by atoms with van der Waals surface area (Å²) >= 11 is 0. The maximum atomic E-state index is 11.4. The normalized spacial score (nSPS) is 14.9. The lowest BCUT2D eigenvalue weighted by Crippen LogP contribution is -2.43. The van der Waals surface area contributed by atoms with Crippen LogP contribution in [0.3, 0.4) is 0 Å². The Bertz CT molecular complexity index is 558. The highest BCUT2D eigenvalue weighted by atomic mass is 16.6. The summed E-state index contributed by atoms with van der Waals surface area (Å²) in [7, 11) is 0. The fraction of sp³-hybridized carbons (Fsp3) is 0.538. The number of aliphatic hydroxyl groups excluding tert-OH is 2. The summed E-state index contributed by atoms with van der Waals surface area (Å²) in [6.45, 7) is 0. The number of hydrogen-bond acceptors (Lipinski definition) is 10. The number of aliphatic carboxylic acids is 4. The van der Waals surface area contributed by atoms with E-state index in [1.54, 1.807) is 0 Å². The van der Waals surface area contributed by atoms with Crippen molar-refractivity contribution < 1.29 is 68.9 Å². The smallest absolute Gasteiger partial charge is 0.348 e. The van der Waals surface area contributed by atoms with Gasteiger partial charge in [0.05, 0.1) is 0 Å². The molecule has 4 atom stereocenters. The molecular weight excluding hydrogens is 380 g/mol. The fourth-order valence-corrected chi connectivity index (χ4v) is 1.54. The second-order valence-electron chi connectivity index (χ2n) is 4.92. The zero-order valence-corrected chi connectivity index (χ0v) is 13.4. The van der Waals surface area contributed by atoms with Crippen molar-refractivity contribution in [3.05, 3.63) is 0 Å². The number of carbonyl (C=O) groups excluding carboxylic acids is 2. The largest absolute Gasteiger partial charge is 0.479 e. The van der Waals surface area contributed by atoms with Gasteiger partial charge in [-0.15, -0.1) is 0 Å². The van der Waals surface area contributed by atoms with E-state index in [2.05, 4.69) is 9.47 Å². The molecule has 0 aromatic heterocycles. The van der Waals surface area contributed by atoms with E-state index in [9.17, 15) is 28.8 Å². The molecule has 0 aliphatic carbocycles. The molecule has 0 aromatic carbocycles. The molecule has 0 aliphatic rings. The van der Waals surface area contributed by atoms with Crippen LogP contribution in [0.1, 0.15) is 19.3 Å². The lowest BCUT2D eigenvalue weighted by Gasteiger charge is -2.17. The molecule has 152 valence electrons. The van der Waals surface area contributed by atoms with Gasteiger partial charge in [0.2, 0.25) is 12.2 Å². The summed E-state index contributed by atoms with van der Waals surface area (Å²) in [5.74, 6) is -10.3. The van der Waals surface area contributed by atoms with Crippen LogP contribution in [0, 0.1) is 0 Å². The minimum absolute atomic E-state index is 0.372. The minimum atomic E-state index is -2.52. The van der Waals surface area contributed by atoms with Gasteiger partial charge in [-0.2, -0.15) is 0 Å². The predicted molar refractivity (Wildman–Crippen MR) is 76.2 cm³/mol. The number of carboxylic acids is 4. The Morgan fingerprint density at radius 2 is 0.889 bits per heavy atom. The summed E-state index contributed by atoms with van der Waals surface area (Å²) < 4.78 is 8.55. The van der Waals surface area contributed by atoms with E-state index < -0.39 is 73.1 Å². The van der Waals surface area contributed by atoms with Crippen molar-refractivity contribution in [3.8, 4) is 0 Å². The number of esters is 2. The molecule has 0 radical (unpaired) electrons. The van der Waals surface area contributed by atoms with Gasteiger partial charge in [0.15, 0.2) is 12.2 Å². The van der Waals surface area contributed by atoms with Gasteiger partial charge < -0.3 is 40.1 Å². The first-order chi connectivity index (χ1) is 12.4. The molecule has 0 heterocycles. The SMILES string of the molecule is O=C(CCCC(=O)OC(C(=O)O)C(O)C(=O)O)OC(C(=O)O)C(O)C(=O)O. The highest BCUT2D eigenvalue weighted by Crippen LogP contribution is 2.08. The minimum Gasteiger partial charge on any atom is -0.479 e. The first-order valence-corrected chi connectivity index (χ1v) is 7.04. The van der Waals surface area contributed by atoms with Crippen LogP contribution in [0.4, 0.5) is 0 Å². The Labute approximate surface area is 149 Å². The number of carboxylic acid groups (broad SMARTS) is 4. The summed E-state index contributed by atoms with van der Waals surface area (Å²) in [5, 5.41) is 52.6. The third kappa shape index (κ3) is 8.10. The highest BCUT2D eigenvalue weighted by molar-refractivity contribution is 5.86. The molecule has 27 heavy (non-hydrogen) atoms. The molecule has 0 amide bonds. The molecule has 0 rings (SSSR count). The standard InChI is InChI=1S/C13H16O14/c14-4(26-8(12(22)23)6(16)10(18)19)2-1-3-5(15)27-9(13(24)25)7(17)11(20)21/h6-9,16-17H,1-3H2,(H,18,19)(H,20,21)(H,22,23)(H,24,25). The summed E-state index contributed by atoms with van der Waals surface area (Å²) in [6, 6.07) is 0. The average Bonchev–Trinajstić information content (AvgIpc) is 2.55. The summed E-state index contributed by atoms with van der Waals surface area (Å²) in [6.07, 6.45) is -11.5. The second-order valence-corrected chi connectivity index (χ2v) is 4.92. The van der Waals surface area contributed by atoms with Crippen LogP contribution in [0.2, 0.25) is 0 Å². The highest BCUT2D eigenvalue weighted by Gasteiger charge is 2.36. The lowest BCUT2D eigenvalue weighted by atomic mass is 10.2. The number of ether oxygens (including phenoxy) is 2. The van der Waals surface area contributed by atoms with Crippen LogP contribution in [0.25, 0.3) is 0 Å². The van der Waals surface area contributed by atoms with E-state index in [1.165, 1.54) is 0 Å². The number of carbonyl (C=O) groups is 6. The Balaban J connectivity index is 4.56. The molecular formula is C13H16O14. The van der Waals surface area contributed by atoms with Gasteiger partial charge in [-0.1, -0.05) is 0 Å². The quantitative estimate of drug-likeness (QED) is 0.181. The van der Waals surface area contributed by atoms with Crippen LogP contribution in [0.15, 0.2) is 0 Å². The maximum Gasteiger partial charge on any atom is 0.348 e. The summed E-state index contributed by atoms with van der Waals surface area (Å²) in [5.41, 5.74) is 0. The number of hydrogen-bond donors (Lipinski definition) is 6. The molecule has 0 aliphatic heterocycles. The number of rotatable bonds is 12.